The lowest BCUT2D eigenvalue weighted by Gasteiger charge is -2.11. The average molecular weight is 286 g/mol. The van der Waals surface area contributed by atoms with E-state index in [0.29, 0.717) is 5.88 Å². The SMILES string of the molecule is CCCNc1cc(-c2ccc(OC)nc2)nc(C(C)C)n1. The van der Waals surface area contributed by atoms with E-state index in [9.17, 15) is 0 Å². The van der Waals surface area contributed by atoms with Gasteiger partial charge in [0.1, 0.15) is 11.6 Å². The van der Waals surface area contributed by atoms with E-state index in [1.54, 1.807) is 13.3 Å². The molecule has 2 aromatic heterocycles. The van der Waals surface area contributed by atoms with Crippen LogP contribution in [0.1, 0.15) is 38.9 Å². The van der Waals surface area contributed by atoms with Crippen molar-refractivity contribution in [3.05, 3.63) is 30.2 Å². The van der Waals surface area contributed by atoms with Gasteiger partial charge < -0.3 is 10.1 Å². The van der Waals surface area contributed by atoms with Crippen molar-refractivity contribution in [1.29, 1.82) is 0 Å². The maximum Gasteiger partial charge on any atom is 0.212 e. The number of anilines is 1. The van der Waals surface area contributed by atoms with Crippen molar-refractivity contribution in [3.8, 4) is 17.1 Å². The van der Waals surface area contributed by atoms with Crippen LogP contribution in [0.5, 0.6) is 5.88 Å². The van der Waals surface area contributed by atoms with Crippen molar-refractivity contribution in [1.82, 2.24) is 15.0 Å². The molecular formula is C16H22N4O. The molecule has 0 amide bonds. The zero-order chi connectivity index (χ0) is 15.2. The van der Waals surface area contributed by atoms with Gasteiger partial charge in [-0.2, -0.15) is 0 Å². The summed E-state index contributed by atoms with van der Waals surface area (Å²) in [6, 6.07) is 5.76. The topological polar surface area (TPSA) is 59.9 Å². The van der Waals surface area contributed by atoms with E-state index < -0.39 is 0 Å². The summed E-state index contributed by atoms with van der Waals surface area (Å²) in [4.78, 5) is 13.4. The molecule has 1 N–H and O–H groups in total. The van der Waals surface area contributed by atoms with Crippen LogP contribution in [0.25, 0.3) is 11.3 Å². The quantitative estimate of drug-likeness (QED) is 0.880. The molecular weight excluding hydrogens is 264 g/mol. The molecule has 112 valence electrons. The van der Waals surface area contributed by atoms with Crippen LogP contribution in [0.15, 0.2) is 24.4 Å². The van der Waals surface area contributed by atoms with Gasteiger partial charge in [0.2, 0.25) is 5.88 Å². The minimum Gasteiger partial charge on any atom is -0.481 e. The number of aromatic nitrogens is 3. The summed E-state index contributed by atoms with van der Waals surface area (Å²) in [5.74, 6) is 2.57. The molecule has 2 rings (SSSR count). The zero-order valence-electron chi connectivity index (χ0n) is 13.1. The van der Waals surface area contributed by atoms with Crippen LogP contribution >= 0.6 is 0 Å². The predicted octanol–water partition coefficient (Wildman–Crippen LogP) is 3.49. The first-order valence-corrected chi connectivity index (χ1v) is 7.27. The van der Waals surface area contributed by atoms with E-state index in [0.717, 1.165) is 35.9 Å². The van der Waals surface area contributed by atoms with Gasteiger partial charge in [0.05, 0.1) is 12.8 Å². The molecule has 0 radical (unpaired) electrons. The standard InChI is InChI=1S/C16H22N4O/c1-5-8-17-14-9-13(19-16(20-14)11(2)3)12-6-7-15(21-4)18-10-12/h6-7,9-11H,5,8H2,1-4H3,(H,17,19,20). The molecule has 0 aliphatic heterocycles. The fraction of sp³-hybridized carbons (Fsp3) is 0.438. The van der Waals surface area contributed by atoms with Crippen LogP contribution < -0.4 is 10.1 Å². The van der Waals surface area contributed by atoms with Crippen LogP contribution in [0.4, 0.5) is 5.82 Å². The molecule has 21 heavy (non-hydrogen) atoms. The third-order valence-electron chi connectivity index (χ3n) is 3.06. The van der Waals surface area contributed by atoms with Crippen molar-refractivity contribution in [2.24, 2.45) is 0 Å². The normalized spacial score (nSPS) is 10.7. The Morgan fingerprint density at radius 1 is 1.24 bits per heavy atom. The first-order chi connectivity index (χ1) is 10.1. The number of methoxy groups -OCH3 is 1. The summed E-state index contributed by atoms with van der Waals surface area (Å²) in [5, 5.41) is 3.33. The fourth-order valence-corrected chi connectivity index (χ4v) is 1.87. The molecule has 0 aromatic carbocycles. The van der Waals surface area contributed by atoms with E-state index in [1.807, 2.05) is 18.2 Å². The van der Waals surface area contributed by atoms with Gasteiger partial charge in [-0.15, -0.1) is 0 Å². The van der Waals surface area contributed by atoms with Gasteiger partial charge in [-0.25, -0.2) is 15.0 Å². The molecule has 0 atom stereocenters. The minimum atomic E-state index is 0.276. The Kier molecular flexibility index (Phi) is 5.09. The first kappa shape index (κ1) is 15.2. The van der Waals surface area contributed by atoms with Gasteiger partial charge >= 0.3 is 0 Å². The van der Waals surface area contributed by atoms with Crippen LogP contribution in [0.2, 0.25) is 0 Å². The number of hydrogen-bond acceptors (Lipinski definition) is 5. The number of hydrogen-bond donors (Lipinski definition) is 1. The molecule has 0 aliphatic rings. The molecule has 0 bridgehead atoms. The lowest BCUT2D eigenvalue weighted by Crippen LogP contribution is -2.07. The Labute approximate surface area is 125 Å². The molecule has 0 saturated carbocycles. The third-order valence-corrected chi connectivity index (χ3v) is 3.06. The van der Waals surface area contributed by atoms with Crippen LogP contribution in [0.3, 0.4) is 0 Å². The number of pyridine rings is 1. The number of nitrogens with zero attached hydrogens (tertiary/aromatic N) is 3. The summed E-state index contributed by atoms with van der Waals surface area (Å²) in [6.07, 6.45) is 2.83. The van der Waals surface area contributed by atoms with E-state index in [-0.39, 0.29) is 5.92 Å². The fourth-order valence-electron chi connectivity index (χ4n) is 1.87. The maximum absolute atomic E-state index is 5.09. The molecule has 2 aromatic rings. The second kappa shape index (κ2) is 7.02. The summed E-state index contributed by atoms with van der Waals surface area (Å²) in [6.45, 7) is 7.21. The van der Waals surface area contributed by atoms with E-state index >= 15 is 0 Å². The Hall–Kier alpha value is -2.17. The molecule has 5 nitrogen and oxygen atoms in total. The second-order valence-electron chi connectivity index (χ2n) is 5.17. The Morgan fingerprint density at radius 3 is 2.62 bits per heavy atom. The van der Waals surface area contributed by atoms with E-state index in [4.69, 9.17) is 4.74 Å². The highest BCUT2D eigenvalue weighted by atomic mass is 16.5. The van der Waals surface area contributed by atoms with Gasteiger partial charge in [0.15, 0.2) is 0 Å². The summed E-state index contributed by atoms with van der Waals surface area (Å²) in [5.41, 5.74) is 1.84. The Balaban J connectivity index is 2.37. The van der Waals surface area contributed by atoms with Crippen molar-refractivity contribution in [3.63, 3.8) is 0 Å². The molecule has 0 fully saturated rings. The van der Waals surface area contributed by atoms with Gasteiger partial charge in [-0.3, -0.25) is 0 Å². The molecule has 2 heterocycles. The van der Waals surface area contributed by atoms with Gasteiger partial charge in [-0.1, -0.05) is 20.8 Å². The van der Waals surface area contributed by atoms with Gasteiger partial charge in [-0.05, 0) is 12.5 Å². The number of ether oxygens (including phenoxy) is 1. The lowest BCUT2D eigenvalue weighted by molar-refractivity contribution is 0.398. The number of nitrogens with one attached hydrogen (secondary N) is 1. The molecule has 0 aliphatic carbocycles. The van der Waals surface area contributed by atoms with Crippen LogP contribution in [-0.2, 0) is 0 Å². The number of rotatable bonds is 6. The largest absolute Gasteiger partial charge is 0.481 e. The summed E-state index contributed by atoms with van der Waals surface area (Å²) < 4.78 is 5.09. The van der Waals surface area contributed by atoms with Crippen molar-refractivity contribution in [2.75, 3.05) is 19.0 Å². The first-order valence-electron chi connectivity index (χ1n) is 7.27. The lowest BCUT2D eigenvalue weighted by atomic mass is 10.1. The van der Waals surface area contributed by atoms with Crippen molar-refractivity contribution < 1.29 is 4.74 Å². The average Bonchev–Trinajstić information content (AvgIpc) is 2.52. The molecule has 0 unspecified atom stereocenters. The second-order valence-corrected chi connectivity index (χ2v) is 5.17. The molecule has 5 heteroatoms. The monoisotopic (exact) mass is 286 g/mol. The Morgan fingerprint density at radius 2 is 2.05 bits per heavy atom. The molecule has 0 spiro atoms. The van der Waals surface area contributed by atoms with Crippen LogP contribution in [0, 0.1) is 0 Å². The minimum absolute atomic E-state index is 0.276. The van der Waals surface area contributed by atoms with Gasteiger partial charge in [0.25, 0.3) is 0 Å². The summed E-state index contributed by atoms with van der Waals surface area (Å²) >= 11 is 0. The smallest absolute Gasteiger partial charge is 0.212 e. The third kappa shape index (κ3) is 3.90. The predicted molar refractivity (Wildman–Crippen MR) is 84.7 cm³/mol. The van der Waals surface area contributed by atoms with Crippen molar-refractivity contribution >= 4 is 5.82 Å². The Bertz CT molecular complexity index is 581. The maximum atomic E-state index is 5.09. The highest BCUT2D eigenvalue weighted by Gasteiger charge is 2.10. The summed E-state index contributed by atoms with van der Waals surface area (Å²) in [7, 11) is 1.61. The van der Waals surface area contributed by atoms with E-state index in [2.05, 4.69) is 41.0 Å². The molecule has 0 saturated heterocycles. The highest BCUT2D eigenvalue weighted by Crippen LogP contribution is 2.23. The van der Waals surface area contributed by atoms with E-state index in [1.165, 1.54) is 0 Å². The highest BCUT2D eigenvalue weighted by molar-refractivity contribution is 5.62. The van der Waals surface area contributed by atoms with Crippen molar-refractivity contribution in [2.45, 2.75) is 33.1 Å². The van der Waals surface area contributed by atoms with Crippen LogP contribution in [-0.4, -0.2) is 28.6 Å². The van der Waals surface area contributed by atoms with Gasteiger partial charge in [0, 0.05) is 36.4 Å². The zero-order valence-corrected chi connectivity index (χ0v) is 13.1.